The second-order valence-electron chi connectivity index (χ2n) is 5.12. The smallest absolute Gasteiger partial charge is 0.327 e. The van der Waals surface area contributed by atoms with E-state index in [1.165, 1.54) is 0 Å². The lowest BCUT2D eigenvalue weighted by Crippen LogP contribution is -2.57. The normalized spacial score (nSPS) is 14.9. The molecule has 0 saturated heterocycles. The molecule has 0 heterocycles. The Morgan fingerprint density at radius 2 is 1.83 bits per heavy atom. The lowest BCUT2D eigenvalue weighted by molar-refractivity contribution is -0.151. The van der Waals surface area contributed by atoms with Crippen LogP contribution in [0.3, 0.4) is 0 Å². The number of rotatable bonds is 9. The Labute approximate surface area is 111 Å². The summed E-state index contributed by atoms with van der Waals surface area (Å²) in [6.45, 7) is 9.44. The zero-order chi connectivity index (χ0) is 14.2. The van der Waals surface area contributed by atoms with Crippen LogP contribution in [0.25, 0.3) is 0 Å². The van der Waals surface area contributed by atoms with Crippen LogP contribution in [0.4, 0.5) is 0 Å². The molecule has 108 valence electrons. The standard InChI is InChI=1S/C13H29N3O2/c1-7-14-13(3,12(17)18-8-2)11-16(6)10-9-15(4)5/h14H,7-11H2,1-6H3. The fourth-order valence-corrected chi connectivity index (χ4v) is 1.86. The lowest BCUT2D eigenvalue weighted by Gasteiger charge is -2.32. The van der Waals surface area contributed by atoms with Crippen molar-refractivity contribution in [3.8, 4) is 0 Å². The van der Waals surface area contributed by atoms with Crippen molar-refractivity contribution in [2.45, 2.75) is 26.3 Å². The Morgan fingerprint density at radius 1 is 1.22 bits per heavy atom. The molecule has 0 spiro atoms. The van der Waals surface area contributed by atoms with Crippen molar-refractivity contribution in [3.63, 3.8) is 0 Å². The SMILES string of the molecule is CCNC(C)(CN(C)CCN(C)C)C(=O)OCC. The van der Waals surface area contributed by atoms with Gasteiger partial charge in [-0.1, -0.05) is 6.92 Å². The van der Waals surface area contributed by atoms with Crippen LogP contribution in [-0.4, -0.2) is 75.2 Å². The topological polar surface area (TPSA) is 44.8 Å². The maximum absolute atomic E-state index is 12.0. The summed E-state index contributed by atoms with van der Waals surface area (Å²) in [5, 5.41) is 3.23. The van der Waals surface area contributed by atoms with Gasteiger partial charge in [-0.15, -0.1) is 0 Å². The van der Waals surface area contributed by atoms with Crippen molar-refractivity contribution in [1.29, 1.82) is 0 Å². The molecular formula is C13H29N3O2. The molecule has 0 aromatic rings. The minimum atomic E-state index is -0.633. The van der Waals surface area contributed by atoms with Crippen LogP contribution >= 0.6 is 0 Å². The number of ether oxygens (including phenoxy) is 1. The number of nitrogens with one attached hydrogen (secondary N) is 1. The molecule has 0 aromatic heterocycles. The first kappa shape index (κ1) is 17.4. The first-order valence-corrected chi connectivity index (χ1v) is 6.61. The molecule has 0 bridgehead atoms. The fourth-order valence-electron chi connectivity index (χ4n) is 1.86. The van der Waals surface area contributed by atoms with Gasteiger partial charge in [-0.05, 0) is 41.5 Å². The Hall–Kier alpha value is -0.650. The maximum atomic E-state index is 12.0. The highest BCUT2D eigenvalue weighted by molar-refractivity contribution is 5.80. The number of hydrogen-bond acceptors (Lipinski definition) is 5. The van der Waals surface area contributed by atoms with Gasteiger partial charge in [-0.25, -0.2) is 0 Å². The van der Waals surface area contributed by atoms with Gasteiger partial charge < -0.3 is 19.9 Å². The van der Waals surface area contributed by atoms with Crippen molar-refractivity contribution < 1.29 is 9.53 Å². The van der Waals surface area contributed by atoms with Gasteiger partial charge in [0, 0.05) is 19.6 Å². The molecule has 0 radical (unpaired) electrons. The largest absolute Gasteiger partial charge is 0.465 e. The highest BCUT2D eigenvalue weighted by Crippen LogP contribution is 2.09. The molecule has 1 atom stereocenters. The van der Waals surface area contributed by atoms with Crippen molar-refractivity contribution >= 4 is 5.97 Å². The minimum Gasteiger partial charge on any atom is -0.465 e. The van der Waals surface area contributed by atoms with Gasteiger partial charge in [0.1, 0.15) is 5.54 Å². The molecule has 0 amide bonds. The molecule has 0 fully saturated rings. The summed E-state index contributed by atoms with van der Waals surface area (Å²) in [4.78, 5) is 16.3. The number of carbonyl (C=O) groups is 1. The van der Waals surface area contributed by atoms with Crippen molar-refractivity contribution in [1.82, 2.24) is 15.1 Å². The van der Waals surface area contributed by atoms with Crippen LogP contribution < -0.4 is 5.32 Å². The van der Waals surface area contributed by atoms with Gasteiger partial charge in [-0.3, -0.25) is 4.79 Å². The molecule has 0 aliphatic heterocycles. The van der Waals surface area contributed by atoms with Gasteiger partial charge >= 0.3 is 5.97 Å². The van der Waals surface area contributed by atoms with E-state index in [0.29, 0.717) is 13.2 Å². The predicted molar refractivity (Wildman–Crippen MR) is 74.8 cm³/mol. The number of likely N-dealkylation sites (N-methyl/N-ethyl adjacent to an activating group) is 3. The van der Waals surface area contributed by atoms with Gasteiger partial charge in [0.15, 0.2) is 0 Å². The summed E-state index contributed by atoms with van der Waals surface area (Å²) < 4.78 is 5.15. The van der Waals surface area contributed by atoms with E-state index in [1.807, 2.05) is 41.9 Å². The van der Waals surface area contributed by atoms with E-state index >= 15 is 0 Å². The molecule has 0 rings (SSSR count). The van der Waals surface area contributed by atoms with Crippen LogP contribution in [-0.2, 0) is 9.53 Å². The summed E-state index contributed by atoms with van der Waals surface area (Å²) in [5.41, 5.74) is -0.633. The van der Waals surface area contributed by atoms with E-state index in [9.17, 15) is 4.79 Å². The second kappa shape index (κ2) is 8.45. The second-order valence-corrected chi connectivity index (χ2v) is 5.12. The number of carbonyl (C=O) groups excluding carboxylic acids is 1. The molecule has 18 heavy (non-hydrogen) atoms. The Balaban J connectivity index is 4.44. The number of nitrogens with zero attached hydrogens (tertiary/aromatic N) is 2. The van der Waals surface area contributed by atoms with E-state index < -0.39 is 5.54 Å². The third-order valence-electron chi connectivity index (χ3n) is 2.81. The van der Waals surface area contributed by atoms with Gasteiger partial charge in [-0.2, -0.15) is 0 Å². The van der Waals surface area contributed by atoms with E-state index in [1.54, 1.807) is 0 Å². The summed E-state index contributed by atoms with van der Waals surface area (Å²) in [5.74, 6) is -0.177. The van der Waals surface area contributed by atoms with Crippen molar-refractivity contribution in [2.24, 2.45) is 0 Å². The van der Waals surface area contributed by atoms with Gasteiger partial charge in [0.2, 0.25) is 0 Å². The summed E-state index contributed by atoms with van der Waals surface area (Å²) >= 11 is 0. The monoisotopic (exact) mass is 259 g/mol. The summed E-state index contributed by atoms with van der Waals surface area (Å²) in [6, 6.07) is 0. The third-order valence-corrected chi connectivity index (χ3v) is 2.81. The average molecular weight is 259 g/mol. The summed E-state index contributed by atoms with van der Waals surface area (Å²) in [6.07, 6.45) is 0. The average Bonchev–Trinajstić information content (AvgIpc) is 2.27. The van der Waals surface area contributed by atoms with Crippen molar-refractivity contribution in [2.75, 3.05) is 53.9 Å². The van der Waals surface area contributed by atoms with E-state index in [-0.39, 0.29) is 5.97 Å². The van der Waals surface area contributed by atoms with Crippen LogP contribution in [0, 0.1) is 0 Å². The molecular weight excluding hydrogens is 230 g/mol. The zero-order valence-electron chi connectivity index (χ0n) is 12.7. The van der Waals surface area contributed by atoms with Crippen LogP contribution in [0.2, 0.25) is 0 Å². The molecule has 1 unspecified atom stereocenters. The minimum absolute atomic E-state index is 0.177. The fraction of sp³-hybridized carbons (Fsp3) is 0.923. The first-order chi connectivity index (χ1) is 8.35. The van der Waals surface area contributed by atoms with Gasteiger partial charge in [0.25, 0.3) is 0 Å². The Morgan fingerprint density at radius 3 is 2.28 bits per heavy atom. The molecule has 5 heteroatoms. The lowest BCUT2D eigenvalue weighted by atomic mass is 10.0. The Bertz CT molecular complexity index is 246. The molecule has 5 nitrogen and oxygen atoms in total. The van der Waals surface area contributed by atoms with Crippen LogP contribution in [0.15, 0.2) is 0 Å². The molecule has 0 saturated carbocycles. The predicted octanol–water partition coefficient (Wildman–Crippen LogP) is 0.411. The molecule has 0 aliphatic rings. The molecule has 0 aromatic carbocycles. The van der Waals surface area contributed by atoms with Crippen molar-refractivity contribution in [3.05, 3.63) is 0 Å². The zero-order valence-corrected chi connectivity index (χ0v) is 12.7. The van der Waals surface area contributed by atoms with E-state index in [4.69, 9.17) is 4.74 Å². The summed E-state index contributed by atoms with van der Waals surface area (Å²) in [7, 11) is 6.11. The highest BCUT2D eigenvalue weighted by Gasteiger charge is 2.34. The quantitative estimate of drug-likeness (QED) is 0.608. The van der Waals surface area contributed by atoms with Crippen LogP contribution in [0.5, 0.6) is 0 Å². The number of hydrogen-bond donors (Lipinski definition) is 1. The van der Waals surface area contributed by atoms with E-state index in [2.05, 4.69) is 15.1 Å². The number of esters is 1. The van der Waals surface area contributed by atoms with E-state index in [0.717, 1.165) is 19.6 Å². The van der Waals surface area contributed by atoms with Gasteiger partial charge in [0.05, 0.1) is 6.61 Å². The molecule has 1 N–H and O–H groups in total. The third kappa shape index (κ3) is 6.33. The van der Waals surface area contributed by atoms with Crippen LogP contribution in [0.1, 0.15) is 20.8 Å². The maximum Gasteiger partial charge on any atom is 0.327 e. The Kier molecular flexibility index (Phi) is 8.15. The first-order valence-electron chi connectivity index (χ1n) is 6.61. The molecule has 0 aliphatic carbocycles. The highest BCUT2D eigenvalue weighted by atomic mass is 16.5.